The lowest BCUT2D eigenvalue weighted by Gasteiger charge is -2.32. The van der Waals surface area contributed by atoms with Crippen LogP contribution in [0.4, 0.5) is 18.0 Å². The minimum atomic E-state index is -4.85. The maximum atomic E-state index is 15.0. The van der Waals surface area contributed by atoms with Crippen LogP contribution in [0.15, 0.2) is 30.5 Å². The summed E-state index contributed by atoms with van der Waals surface area (Å²) in [5.41, 5.74) is -1.85. The second kappa shape index (κ2) is 15.0. The third-order valence-corrected chi connectivity index (χ3v) is 13.3. The van der Waals surface area contributed by atoms with Gasteiger partial charge in [-0.1, -0.05) is 26.0 Å². The van der Waals surface area contributed by atoms with E-state index >= 15 is 0 Å². The van der Waals surface area contributed by atoms with Crippen molar-refractivity contribution in [3.05, 3.63) is 36.3 Å². The molecule has 4 amide bonds. The molecule has 1 aromatic heterocycles. The van der Waals surface area contributed by atoms with Crippen LogP contribution >= 0.6 is 0 Å². The second-order valence-electron chi connectivity index (χ2n) is 15.0. The lowest BCUT2D eigenvalue weighted by molar-refractivity contribution is -0.142. The number of carbonyl (C=O) groups is 4. The van der Waals surface area contributed by atoms with Crippen molar-refractivity contribution < 1.29 is 60.1 Å². The van der Waals surface area contributed by atoms with E-state index in [4.69, 9.17) is 14.2 Å². The van der Waals surface area contributed by atoms with E-state index in [1.165, 1.54) is 26.5 Å². The summed E-state index contributed by atoms with van der Waals surface area (Å²) in [5.74, 6) is -4.62. The van der Waals surface area contributed by atoms with Crippen molar-refractivity contribution in [1.29, 1.82) is 0 Å². The minimum Gasteiger partial charge on any atom is -0.494 e. The monoisotopic (exact) mass is 795 g/mol. The van der Waals surface area contributed by atoms with Crippen LogP contribution in [0.5, 0.6) is 17.4 Å². The average Bonchev–Trinajstić information content (AvgIpc) is 4.03. The fraction of sp³-hybridized carbons (Fsp3) is 0.583. The molecule has 0 radical (unpaired) electrons. The summed E-state index contributed by atoms with van der Waals surface area (Å²) in [4.78, 5) is 59.9. The van der Waals surface area contributed by atoms with Gasteiger partial charge in [-0.3, -0.25) is 19.1 Å². The third-order valence-electron chi connectivity index (χ3n) is 11.2. The number of rotatable bonds is 9. The van der Waals surface area contributed by atoms with Crippen molar-refractivity contribution in [2.75, 3.05) is 20.8 Å². The Hall–Kier alpha value is -4.81. The molecule has 2 aliphatic heterocycles. The van der Waals surface area contributed by atoms with Gasteiger partial charge >= 0.3 is 6.09 Å². The van der Waals surface area contributed by atoms with Gasteiger partial charge in [-0.25, -0.2) is 31.4 Å². The molecule has 1 aromatic carbocycles. The van der Waals surface area contributed by atoms with Crippen LogP contribution in [-0.2, 0) is 24.4 Å². The second-order valence-corrected chi connectivity index (χ2v) is 17.0. The number of nitrogens with zero attached hydrogens (tertiary/aromatic N) is 2. The van der Waals surface area contributed by atoms with Crippen molar-refractivity contribution in [2.45, 2.75) is 93.7 Å². The Labute approximate surface area is 315 Å². The molecule has 19 heteroatoms. The number of carbonyl (C=O) groups excluding carboxylic acids is 3. The molecule has 2 aliphatic carbocycles. The molecule has 2 saturated carbocycles. The van der Waals surface area contributed by atoms with Crippen LogP contribution in [0.3, 0.4) is 0 Å². The SMILES string of the molecule is COc1cc2c(OC)cnc(O[C@@H]3C[C@H]4C(=O)N[C@]5(C(=O)NS(=O)(=O)C6(C(F)F)CC6)C[C@H]5/C=C\CC[C@@H](C)C[C@@H](C)[C@H](NC(=O)O)C(=O)N4C3)c2cc1F. The fourth-order valence-corrected chi connectivity index (χ4v) is 9.26. The summed E-state index contributed by atoms with van der Waals surface area (Å²) in [6, 6.07) is -0.140. The zero-order chi connectivity index (χ0) is 40.0. The van der Waals surface area contributed by atoms with Gasteiger partial charge in [0.2, 0.25) is 27.7 Å². The molecule has 0 unspecified atom stereocenters. The number of ether oxygens (including phenoxy) is 3. The van der Waals surface area contributed by atoms with Gasteiger partial charge in [-0.2, -0.15) is 0 Å². The Bertz CT molecular complexity index is 2010. The maximum absolute atomic E-state index is 15.0. The lowest BCUT2D eigenvalue weighted by Crippen LogP contribution is -2.59. The molecule has 55 heavy (non-hydrogen) atoms. The molecule has 2 aromatic rings. The van der Waals surface area contributed by atoms with Crippen LogP contribution in [-0.4, -0.2) is 103 Å². The van der Waals surface area contributed by atoms with E-state index in [0.29, 0.717) is 24.6 Å². The highest BCUT2D eigenvalue weighted by atomic mass is 32.2. The molecule has 15 nitrogen and oxygen atoms in total. The van der Waals surface area contributed by atoms with Gasteiger partial charge in [0.25, 0.3) is 12.3 Å². The van der Waals surface area contributed by atoms with Crippen LogP contribution in [0.2, 0.25) is 0 Å². The molecule has 1 saturated heterocycles. The predicted octanol–water partition coefficient (Wildman–Crippen LogP) is 3.51. The number of amides is 4. The molecule has 3 fully saturated rings. The highest BCUT2D eigenvalue weighted by Crippen LogP contribution is 2.50. The zero-order valence-corrected chi connectivity index (χ0v) is 31.5. The number of alkyl halides is 2. The first-order chi connectivity index (χ1) is 26.0. The number of aromatic nitrogens is 1. The Kier molecular flexibility index (Phi) is 10.9. The van der Waals surface area contributed by atoms with Crippen LogP contribution in [0.1, 0.15) is 58.8 Å². The van der Waals surface area contributed by atoms with E-state index in [0.717, 1.165) is 11.0 Å². The zero-order valence-electron chi connectivity index (χ0n) is 30.6. The van der Waals surface area contributed by atoms with Crippen LogP contribution < -0.4 is 29.6 Å². The van der Waals surface area contributed by atoms with Crippen molar-refractivity contribution in [1.82, 2.24) is 25.2 Å². The number of hydrogen-bond donors (Lipinski definition) is 4. The number of sulfonamides is 1. The number of methoxy groups -OCH3 is 2. The van der Waals surface area contributed by atoms with Gasteiger partial charge in [0.15, 0.2) is 16.3 Å². The molecule has 300 valence electrons. The summed E-state index contributed by atoms with van der Waals surface area (Å²) in [6.07, 6.45) is -0.231. The van der Waals surface area contributed by atoms with Gasteiger partial charge < -0.3 is 34.9 Å². The van der Waals surface area contributed by atoms with Crippen molar-refractivity contribution in [3.63, 3.8) is 0 Å². The molecule has 0 spiro atoms. The van der Waals surface area contributed by atoms with Crippen molar-refractivity contribution in [3.8, 4) is 17.4 Å². The van der Waals surface area contributed by atoms with E-state index in [2.05, 4.69) is 15.6 Å². The van der Waals surface area contributed by atoms with Gasteiger partial charge in [-0.05, 0) is 62.5 Å². The summed E-state index contributed by atoms with van der Waals surface area (Å²) in [6.45, 7) is 3.40. The summed E-state index contributed by atoms with van der Waals surface area (Å²) >= 11 is 0. The largest absolute Gasteiger partial charge is 0.494 e. The normalized spacial score (nSPS) is 29.9. The number of allylic oxidation sites excluding steroid dienone is 1. The standard InChI is InChI=1S/C36H44F3N5O10S/c1-18-7-5-6-8-20-15-36(20,33(47)43-55(50,51)35(9-10-35)32(38)39)42-29(45)25-12-21(17-44(25)31(46)28(19(2)11-18)41-34(48)49)54-30-23-13-24(37)26(52-3)14-22(23)27(53-4)16-40-30/h6,8,13-14,16,18-21,25,28,32,41H,5,7,9-12,15,17H2,1-4H3,(H,42,45)(H,43,47)(H,48,49)/b8-6-/t18-,19-,20-,21-,25+,28+,36-/m1/s1. The number of fused-ring (bicyclic) bond motifs is 3. The number of benzene rings is 1. The van der Waals surface area contributed by atoms with Crippen molar-refractivity contribution >= 4 is 44.6 Å². The number of carboxylic acid groups (broad SMARTS) is 1. The van der Waals surface area contributed by atoms with Gasteiger partial charge in [-0.15, -0.1) is 0 Å². The van der Waals surface area contributed by atoms with E-state index in [1.807, 2.05) is 11.6 Å². The molecular formula is C36H44F3N5O10S. The highest BCUT2D eigenvalue weighted by Gasteiger charge is 2.66. The maximum Gasteiger partial charge on any atom is 0.405 e. The molecule has 6 rings (SSSR count). The minimum absolute atomic E-state index is 0.0100. The first kappa shape index (κ1) is 39.9. The quantitative estimate of drug-likeness (QED) is 0.271. The Morgan fingerprint density at radius 1 is 1.09 bits per heavy atom. The summed E-state index contributed by atoms with van der Waals surface area (Å²) in [5, 5.41) is 15.3. The van der Waals surface area contributed by atoms with Crippen LogP contribution in [0, 0.1) is 23.6 Å². The van der Waals surface area contributed by atoms with E-state index in [1.54, 1.807) is 19.1 Å². The highest BCUT2D eigenvalue weighted by molar-refractivity contribution is 7.91. The molecule has 7 atom stereocenters. The van der Waals surface area contributed by atoms with E-state index < -0.39 is 86.4 Å². The Morgan fingerprint density at radius 3 is 2.44 bits per heavy atom. The van der Waals surface area contributed by atoms with Crippen LogP contribution in [0.25, 0.3) is 10.8 Å². The topological polar surface area (TPSA) is 203 Å². The average molecular weight is 796 g/mol. The Balaban J connectivity index is 1.36. The molecule has 4 aliphatic rings. The first-order valence-corrected chi connectivity index (χ1v) is 19.5. The molecule has 0 bridgehead atoms. The van der Waals surface area contributed by atoms with Crippen molar-refractivity contribution in [2.24, 2.45) is 17.8 Å². The Morgan fingerprint density at radius 2 is 1.80 bits per heavy atom. The number of hydrogen-bond acceptors (Lipinski definition) is 10. The number of nitrogens with one attached hydrogen (secondary N) is 3. The lowest BCUT2D eigenvalue weighted by atomic mass is 9.88. The number of halogens is 3. The molecular weight excluding hydrogens is 751 g/mol. The molecule has 4 N–H and O–H groups in total. The van der Waals surface area contributed by atoms with E-state index in [9.17, 15) is 45.9 Å². The first-order valence-electron chi connectivity index (χ1n) is 18.0. The predicted molar refractivity (Wildman–Crippen MR) is 190 cm³/mol. The summed E-state index contributed by atoms with van der Waals surface area (Å²) in [7, 11) is -2.15. The fourth-order valence-electron chi connectivity index (χ4n) is 7.75. The smallest absolute Gasteiger partial charge is 0.405 e. The molecule has 3 heterocycles. The summed E-state index contributed by atoms with van der Waals surface area (Å²) < 4.78 is 84.9. The third kappa shape index (κ3) is 7.58. The van der Waals surface area contributed by atoms with E-state index in [-0.39, 0.29) is 60.9 Å². The number of pyridine rings is 1. The van der Waals surface area contributed by atoms with Gasteiger partial charge in [0.1, 0.15) is 29.5 Å². The van der Waals surface area contributed by atoms with Gasteiger partial charge in [0, 0.05) is 17.7 Å². The van der Waals surface area contributed by atoms with Gasteiger partial charge in [0.05, 0.1) is 32.3 Å².